The van der Waals surface area contributed by atoms with Crippen molar-refractivity contribution >= 4 is 29.1 Å². The van der Waals surface area contributed by atoms with Crippen LogP contribution in [0.2, 0.25) is 10.0 Å². The van der Waals surface area contributed by atoms with E-state index in [9.17, 15) is 4.79 Å². The number of oxazole rings is 1. The Kier molecular flexibility index (Phi) is 5.09. The second-order valence-corrected chi connectivity index (χ2v) is 5.29. The van der Waals surface area contributed by atoms with Crippen LogP contribution in [0.5, 0.6) is 5.75 Å². The van der Waals surface area contributed by atoms with Gasteiger partial charge < -0.3 is 14.5 Å². The number of aromatic nitrogens is 1. The number of ether oxygens (including phenoxy) is 1. The fraction of sp³-hybridized carbons (Fsp3) is 0.286. The minimum absolute atomic E-state index is 0.144. The van der Waals surface area contributed by atoms with Gasteiger partial charge in [-0.25, -0.2) is 4.98 Å². The summed E-state index contributed by atoms with van der Waals surface area (Å²) in [6.45, 7) is 3.73. The zero-order chi connectivity index (χ0) is 15.4. The zero-order valence-corrected chi connectivity index (χ0v) is 13.1. The van der Waals surface area contributed by atoms with E-state index < -0.39 is 0 Å². The molecule has 0 aliphatic carbocycles. The molecular weight excluding hydrogens is 315 g/mol. The SMILES string of the molecule is Cc1nc(CNC(=O)COc2cc(Cl)cc(Cl)c2)oc1C. The fourth-order valence-corrected chi connectivity index (χ4v) is 2.11. The summed E-state index contributed by atoms with van der Waals surface area (Å²) in [5.74, 6) is 1.35. The van der Waals surface area contributed by atoms with E-state index in [1.165, 1.54) is 0 Å². The number of nitrogens with zero attached hydrogens (tertiary/aromatic N) is 1. The third kappa shape index (κ3) is 4.65. The first-order valence-corrected chi connectivity index (χ1v) is 6.98. The fourth-order valence-electron chi connectivity index (χ4n) is 1.60. The lowest BCUT2D eigenvalue weighted by Gasteiger charge is -2.07. The van der Waals surface area contributed by atoms with Crippen molar-refractivity contribution in [1.29, 1.82) is 0 Å². The van der Waals surface area contributed by atoms with Crippen molar-refractivity contribution in [3.05, 3.63) is 45.6 Å². The maximum absolute atomic E-state index is 11.7. The lowest BCUT2D eigenvalue weighted by molar-refractivity contribution is -0.123. The summed E-state index contributed by atoms with van der Waals surface area (Å²) in [5.41, 5.74) is 0.809. The third-order valence-electron chi connectivity index (χ3n) is 2.72. The maximum Gasteiger partial charge on any atom is 0.258 e. The van der Waals surface area contributed by atoms with Crippen molar-refractivity contribution < 1.29 is 13.9 Å². The molecule has 0 aliphatic heterocycles. The summed E-state index contributed by atoms with van der Waals surface area (Å²) in [6, 6.07) is 4.76. The highest BCUT2D eigenvalue weighted by Crippen LogP contribution is 2.24. The van der Waals surface area contributed by atoms with Crippen molar-refractivity contribution in [2.24, 2.45) is 0 Å². The number of benzene rings is 1. The van der Waals surface area contributed by atoms with Crippen LogP contribution in [0.1, 0.15) is 17.3 Å². The molecule has 0 atom stereocenters. The van der Waals surface area contributed by atoms with Crippen LogP contribution in [0.15, 0.2) is 22.6 Å². The molecule has 7 heteroatoms. The summed E-state index contributed by atoms with van der Waals surface area (Å²) in [6.07, 6.45) is 0. The van der Waals surface area contributed by atoms with Gasteiger partial charge in [-0.1, -0.05) is 23.2 Å². The van der Waals surface area contributed by atoms with Crippen LogP contribution in [-0.2, 0) is 11.3 Å². The van der Waals surface area contributed by atoms with Crippen LogP contribution in [0, 0.1) is 13.8 Å². The molecule has 1 aromatic carbocycles. The van der Waals surface area contributed by atoms with Crippen LogP contribution in [-0.4, -0.2) is 17.5 Å². The van der Waals surface area contributed by atoms with Gasteiger partial charge in [-0.15, -0.1) is 0 Å². The Morgan fingerprint density at radius 1 is 1.29 bits per heavy atom. The molecule has 0 radical (unpaired) electrons. The van der Waals surface area contributed by atoms with Gasteiger partial charge in [-0.2, -0.15) is 0 Å². The summed E-state index contributed by atoms with van der Waals surface area (Å²) >= 11 is 11.7. The molecule has 0 spiro atoms. The molecule has 0 aliphatic rings. The second-order valence-electron chi connectivity index (χ2n) is 4.42. The normalized spacial score (nSPS) is 10.5. The molecular formula is C14H14Cl2N2O3. The molecule has 1 heterocycles. The first-order chi connectivity index (χ1) is 9.94. The van der Waals surface area contributed by atoms with Crippen molar-refractivity contribution in [2.75, 3.05) is 6.61 Å². The lowest BCUT2D eigenvalue weighted by Crippen LogP contribution is -2.28. The van der Waals surface area contributed by atoms with E-state index in [1.54, 1.807) is 18.2 Å². The number of hydrogen-bond donors (Lipinski definition) is 1. The first-order valence-electron chi connectivity index (χ1n) is 6.22. The van der Waals surface area contributed by atoms with Crippen LogP contribution in [0.3, 0.4) is 0 Å². The quantitative estimate of drug-likeness (QED) is 0.914. The predicted molar refractivity (Wildman–Crippen MR) is 79.8 cm³/mol. The number of halogens is 2. The highest BCUT2D eigenvalue weighted by atomic mass is 35.5. The third-order valence-corrected chi connectivity index (χ3v) is 3.15. The standard InChI is InChI=1S/C14H14Cl2N2O3/c1-8-9(2)21-14(18-8)6-17-13(19)7-20-12-4-10(15)3-11(16)5-12/h3-5H,6-7H2,1-2H3,(H,17,19). The molecule has 5 nitrogen and oxygen atoms in total. The Hall–Kier alpha value is -1.72. The molecule has 112 valence electrons. The van der Waals surface area contributed by atoms with E-state index in [2.05, 4.69) is 10.3 Å². The predicted octanol–water partition coefficient (Wildman–Crippen LogP) is 3.29. The van der Waals surface area contributed by atoms with Gasteiger partial charge >= 0.3 is 0 Å². The van der Waals surface area contributed by atoms with Gasteiger partial charge in [0.2, 0.25) is 5.89 Å². The average Bonchev–Trinajstić information content (AvgIpc) is 2.72. The van der Waals surface area contributed by atoms with Gasteiger partial charge in [-0.3, -0.25) is 4.79 Å². The highest BCUT2D eigenvalue weighted by molar-refractivity contribution is 6.34. The van der Waals surface area contributed by atoms with Crippen molar-refractivity contribution in [2.45, 2.75) is 20.4 Å². The molecule has 2 rings (SSSR count). The highest BCUT2D eigenvalue weighted by Gasteiger charge is 2.08. The van der Waals surface area contributed by atoms with E-state index in [4.69, 9.17) is 32.4 Å². The molecule has 1 aromatic heterocycles. The summed E-state index contributed by atoms with van der Waals surface area (Å²) in [7, 11) is 0. The number of rotatable bonds is 5. The minimum Gasteiger partial charge on any atom is -0.484 e. The Balaban J connectivity index is 1.82. The molecule has 0 unspecified atom stereocenters. The van der Waals surface area contributed by atoms with Gasteiger partial charge in [0, 0.05) is 10.0 Å². The van der Waals surface area contributed by atoms with E-state index >= 15 is 0 Å². The van der Waals surface area contributed by atoms with Crippen LogP contribution < -0.4 is 10.1 Å². The zero-order valence-electron chi connectivity index (χ0n) is 11.6. The largest absolute Gasteiger partial charge is 0.484 e. The summed E-state index contributed by atoms with van der Waals surface area (Å²) in [5, 5.41) is 3.55. The van der Waals surface area contributed by atoms with Crippen LogP contribution >= 0.6 is 23.2 Å². The average molecular weight is 329 g/mol. The van der Waals surface area contributed by atoms with Crippen LogP contribution in [0.25, 0.3) is 0 Å². The minimum atomic E-state index is -0.292. The molecule has 1 amide bonds. The van der Waals surface area contributed by atoms with E-state index in [-0.39, 0.29) is 19.1 Å². The van der Waals surface area contributed by atoms with Crippen molar-refractivity contribution in [1.82, 2.24) is 10.3 Å². The van der Waals surface area contributed by atoms with Gasteiger partial charge in [0.1, 0.15) is 11.5 Å². The summed E-state index contributed by atoms with van der Waals surface area (Å²) in [4.78, 5) is 15.8. The molecule has 0 bridgehead atoms. The van der Waals surface area contributed by atoms with E-state index in [0.29, 0.717) is 21.7 Å². The number of carbonyl (C=O) groups excluding carboxylic acids is 1. The second kappa shape index (κ2) is 6.83. The number of aryl methyl sites for hydroxylation is 2. The van der Waals surface area contributed by atoms with Gasteiger partial charge in [-0.05, 0) is 32.0 Å². The Labute approximate surface area is 132 Å². The maximum atomic E-state index is 11.7. The number of nitrogens with one attached hydrogen (secondary N) is 1. The Morgan fingerprint density at radius 3 is 2.52 bits per heavy atom. The molecule has 0 saturated carbocycles. The molecule has 0 fully saturated rings. The first kappa shape index (κ1) is 15.7. The monoisotopic (exact) mass is 328 g/mol. The van der Waals surface area contributed by atoms with Gasteiger partial charge in [0.05, 0.1) is 12.2 Å². The van der Waals surface area contributed by atoms with E-state index in [1.807, 2.05) is 13.8 Å². The van der Waals surface area contributed by atoms with Gasteiger partial charge in [0.15, 0.2) is 6.61 Å². The molecule has 2 aromatic rings. The number of hydrogen-bond acceptors (Lipinski definition) is 4. The number of amides is 1. The molecule has 21 heavy (non-hydrogen) atoms. The number of carbonyl (C=O) groups is 1. The smallest absolute Gasteiger partial charge is 0.258 e. The Morgan fingerprint density at radius 2 is 1.95 bits per heavy atom. The van der Waals surface area contributed by atoms with Crippen molar-refractivity contribution in [3.63, 3.8) is 0 Å². The molecule has 0 saturated heterocycles. The Bertz CT molecular complexity index is 616. The summed E-state index contributed by atoms with van der Waals surface area (Å²) < 4.78 is 10.7. The van der Waals surface area contributed by atoms with Gasteiger partial charge in [0.25, 0.3) is 5.91 Å². The lowest BCUT2D eigenvalue weighted by atomic mass is 10.3. The van der Waals surface area contributed by atoms with Crippen LogP contribution in [0.4, 0.5) is 0 Å². The topological polar surface area (TPSA) is 64.4 Å². The molecule has 1 N–H and O–H groups in total. The van der Waals surface area contributed by atoms with E-state index in [0.717, 1.165) is 11.5 Å². The van der Waals surface area contributed by atoms with Crippen molar-refractivity contribution in [3.8, 4) is 5.75 Å².